The van der Waals surface area contributed by atoms with Crippen LogP contribution in [0.2, 0.25) is 0 Å². The summed E-state index contributed by atoms with van der Waals surface area (Å²) in [6.45, 7) is 4.23. The molecule has 1 aromatic heterocycles. The molecule has 1 heterocycles. The van der Waals surface area contributed by atoms with Crippen molar-refractivity contribution in [3.8, 4) is 11.4 Å². The van der Waals surface area contributed by atoms with E-state index in [2.05, 4.69) is 57.2 Å². The summed E-state index contributed by atoms with van der Waals surface area (Å²) in [6.07, 6.45) is 2.00. The highest BCUT2D eigenvalue weighted by atomic mass is 79.9. The van der Waals surface area contributed by atoms with Crippen LogP contribution in [-0.2, 0) is 6.42 Å². The van der Waals surface area contributed by atoms with Crippen molar-refractivity contribution >= 4 is 21.7 Å². The lowest BCUT2D eigenvalue weighted by Crippen LogP contribution is -2.03. The van der Waals surface area contributed by atoms with E-state index in [1.54, 1.807) is 0 Å². The standard InChI is InChI=1S/C15H18BrN3/c1-4-6-12-13(16)15(17-3)19-14(18-12)11-8-5-7-10(2)9-11/h5,7-9H,4,6H2,1-3H3,(H,17,18,19). The second-order valence-electron chi connectivity index (χ2n) is 4.53. The van der Waals surface area contributed by atoms with Gasteiger partial charge >= 0.3 is 0 Å². The topological polar surface area (TPSA) is 37.8 Å². The fraction of sp³-hybridized carbons (Fsp3) is 0.333. The lowest BCUT2D eigenvalue weighted by atomic mass is 10.1. The van der Waals surface area contributed by atoms with Gasteiger partial charge in [-0.2, -0.15) is 0 Å². The summed E-state index contributed by atoms with van der Waals surface area (Å²) in [6, 6.07) is 8.27. The van der Waals surface area contributed by atoms with E-state index in [4.69, 9.17) is 0 Å². The maximum Gasteiger partial charge on any atom is 0.161 e. The van der Waals surface area contributed by atoms with Crippen LogP contribution in [0.25, 0.3) is 11.4 Å². The fourth-order valence-corrected chi connectivity index (χ4v) is 2.55. The molecule has 19 heavy (non-hydrogen) atoms. The van der Waals surface area contributed by atoms with E-state index >= 15 is 0 Å². The van der Waals surface area contributed by atoms with Gasteiger partial charge in [0.1, 0.15) is 5.82 Å². The molecular weight excluding hydrogens is 302 g/mol. The summed E-state index contributed by atoms with van der Waals surface area (Å²) in [5.74, 6) is 1.62. The van der Waals surface area contributed by atoms with Crippen LogP contribution in [0.4, 0.5) is 5.82 Å². The van der Waals surface area contributed by atoms with Gasteiger partial charge in [0.15, 0.2) is 5.82 Å². The maximum absolute atomic E-state index is 4.68. The van der Waals surface area contributed by atoms with Gasteiger partial charge in [-0.1, -0.05) is 37.1 Å². The van der Waals surface area contributed by atoms with Gasteiger partial charge in [0, 0.05) is 12.6 Å². The van der Waals surface area contributed by atoms with Gasteiger partial charge in [0.05, 0.1) is 10.2 Å². The maximum atomic E-state index is 4.68. The third-order valence-electron chi connectivity index (χ3n) is 2.92. The van der Waals surface area contributed by atoms with E-state index < -0.39 is 0 Å². The van der Waals surface area contributed by atoms with Gasteiger partial charge in [-0.3, -0.25) is 0 Å². The average Bonchev–Trinajstić information content (AvgIpc) is 2.41. The van der Waals surface area contributed by atoms with Crippen molar-refractivity contribution in [3.05, 3.63) is 40.0 Å². The number of aryl methyl sites for hydroxylation is 2. The Hall–Kier alpha value is -1.42. The Kier molecular flexibility index (Phi) is 4.53. The van der Waals surface area contributed by atoms with Crippen molar-refractivity contribution in [3.63, 3.8) is 0 Å². The van der Waals surface area contributed by atoms with E-state index in [-0.39, 0.29) is 0 Å². The largest absolute Gasteiger partial charge is 0.372 e. The molecule has 0 saturated heterocycles. The number of nitrogens with zero attached hydrogens (tertiary/aromatic N) is 2. The zero-order valence-corrected chi connectivity index (χ0v) is 13.1. The molecular formula is C15H18BrN3. The minimum Gasteiger partial charge on any atom is -0.372 e. The van der Waals surface area contributed by atoms with Crippen LogP contribution in [0.3, 0.4) is 0 Å². The van der Waals surface area contributed by atoms with Gasteiger partial charge < -0.3 is 5.32 Å². The molecule has 4 heteroatoms. The molecule has 1 N–H and O–H groups in total. The zero-order chi connectivity index (χ0) is 13.8. The van der Waals surface area contributed by atoms with Gasteiger partial charge in [-0.25, -0.2) is 9.97 Å². The molecule has 0 bridgehead atoms. The van der Waals surface area contributed by atoms with Gasteiger partial charge in [0.2, 0.25) is 0 Å². The lowest BCUT2D eigenvalue weighted by Gasteiger charge is -2.11. The molecule has 0 saturated carbocycles. The monoisotopic (exact) mass is 319 g/mol. The molecule has 0 fully saturated rings. The minimum atomic E-state index is 0.778. The average molecular weight is 320 g/mol. The van der Waals surface area contributed by atoms with Gasteiger partial charge in [-0.05, 0) is 35.3 Å². The van der Waals surface area contributed by atoms with Gasteiger partial charge in [-0.15, -0.1) is 0 Å². The van der Waals surface area contributed by atoms with Crippen molar-refractivity contribution in [2.45, 2.75) is 26.7 Å². The number of anilines is 1. The molecule has 0 unspecified atom stereocenters. The van der Waals surface area contributed by atoms with E-state index in [1.807, 2.05) is 19.2 Å². The molecule has 100 valence electrons. The first-order chi connectivity index (χ1) is 9.15. The molecule has 0 atom stereocenters. The highest BCUT2D eigenvalue weighted by Crippen LogP contribution is 2.28. The third kappa shape index (κ3) is 3.13. The number of nitrogens with one attached hydrogen (secondary N) is 1. The number of hydrogen-bond acceptors (Lipinski definition) is 3. The first kappa shape index (κ1) is 14.0. The molecule has 1 aromatic carbocycles. The molecule has 2 aromatic rings. The number of benzene rings is 1. The summed E-state index contributed by atoms with van der Waals surface area (Å²) in [5, 5.41) is 3.12. The van der Waals surface area contributed by atoms with Crippen molar-refractivity contribution in [1.82, 2.24) is 9.97 Å². The van der Waals surface area contributed by atoms with Crippen LogP contribution < -0.4 is 5.32 Å². The normalized spacial score (nSPS) is 10.5. The molecule has 0 spiro atoms. The summed E-state index contributed by atoms with van der Waals surface area (Å²) < 4.78 is 0.966. The van der Waals surface area contributed by atoms with E-state index in [0.717, 1.165) is 40.2 Å². The highest BCUT2D eigenvalue weighted by molar-refractivity contribution is 9.10. The molecule has 0 radical (unpaired) electrons. The van der Waals surface area contributed by atoms with E-state index in [1.165, 1.54) is 5.56 Å². The summed E-state index contributed by atoms with van der Waals surface area (Å²) >= 11 is 3.58. The first-order valence-corrected chi connectivity index (χ1v) is 7.26. The number of hydrogen-bond donors (Lipinski definition) is 1. The van der Waals surface area contributed by atoms with Crippen LogP contribution in [0.15, 0.2) is 28.7 Å². The molecule has 2 rings (SSSR count). The summed E-state index contributed by atoms with van der Waals surface area (Å²) in [5.41, 5.74) is 3.33. The third-order valence-corrected chi connectivity index (χ3v) is 3.75. The quantitative estimate of drug-likeness (QED) is 0.917. The van der Waals surface area contributed by atoms with Crippen molar-refractivity contribution in [2.75, 3.05) is 12.4 Å². The fourth-order valence-electron chi connectivity index (χ4n) is 1.97. The SMILES string of the molecule is CCCc1nc(-c2cccc(C)c2)nc(NC)c1Br. The molecule has 0 aliphatic heterocycles. The molecule has 0 amide bonds. The predicted octanol–water partition coefficient (Wildman–Crippen LogP) is 4.21. The summed E-state index contributed by atoms with van der Waals surface area (Å²) in [4.78, 5) is 9.26. The Bertz CT molecular complexity index is 582. The Balaban J connectivity index is 2.54. The highest BCUT2D eigenvalue weighted by Gasteiger charge is 2.12. The van der Waals surface area contributed by atoms with Gasteiger partial charge in [0.25, 0.3) is 0 Å². The van der Waals surface area contributed by atoms with E-state index in [0.29, 0.717) is 0 Å². The molecule has 3 nitrogen and oxygen atoms in total. The Morgan fingerprint density at radius 3 is 2.68 bits per heavy atom. The number of rotatable bonds is 4. The Morgan fingerprint density at radius 1 is 1.26 bits per heavy atom. The Morgan fingerprint density at radius 2 is 2.05 bits per heavy atom. The summed E-state index contributed by atoms with van der Waals surface area (Å²) in [7, 11) is 1.88. The molecule has 0 aliphatic rings. The van der Waals surface area contributed by atoms with Crippen LogP contribution >= 0.6 is 15.9 Å². The van der Waals surface area contributed by atoms with Crippen LogP contribution in [0.1, 0.15) is 24.6 Å². The smallest absolute Gasteiger partial charge is 0.161 e. The lowest BCUT2D eigenvalue weighted by molar-refractivity contribution is 0.869. The molecule has 0 aliphatic carbocycles. The van der Waals surface area contributed by atoms with Crippen LogP contribution in [0, 0.1) is 6.92 Å². The Labute approximate surface area is 122 Å². The number of aromatic nitrogens is 2. The van der Waals surface area contributed by atoms with E-state index in [9.17, 15) is 0 Å². The predicted molar refractivity (Wildman–Crippen MR) is 83.4 cm³/mol. The van der Waals surface area contributed by atoms with Crippen LogP contribution in [-0.4, -0.2) is 17.0 Å². The van der Waals surface area contributed by atoms with Crippen molar-refractivity contribution in [2.24, 2.45) is 0 Å². The minimum absolute atomic E-state index is 0.778. The van der Waals surface area contributed by atoms with Crippen molar-refractivity contribution in [1.29, 1.82) is 0 Å². The second kappa shape index (κ2) is 6.15. The number of halogens is 1. The zero-order valence-electron chi connectivity index (χ0n) is 11.5. The van der Waals surface area contributed by atoms with Crippen LogP contribution in [0.5, 0.6) is 0 Å². The first-order valence-electron chi connectivity index (χ1n) is 6.47. The second-order valence-corrected chi connectivity index (χ2v) is 5.32. The van der Waals surface area contributed by atoms with Crippen molar-refractivity contribution < 1.29 is 0 Å².